The summed E-state index contributed by atoms with van der Waals surface area (Å²) in [5.74, 6) is -0.903. The SMILES string of the molecule is C=CCOCC(C)(C(=O)O)c1cccc(Br)c1. The number of benzene rings is 1. The van der Waals surface area contributed by atoms with Gasteiger partial charge in [0.25, 0.3) is 0 Å². The molecular weight excluding hydrogens is 284 g/mol. The Hall–Kier alpha value is -1.13. The van der Waals surface area contributed by atoms with E-state index >= 15 is 0 Å². The number of rotatable bonds is 6. The fourth-order valence-electron chi connectivity index (χ4n) is 1.45. The lowest BCUT2D eigenvalue weighted by Crippen LogP contribution is -2.37. The molecule has 0 amide bonds. The zero-order chi connectivity index (χ0) is 12.9. The molecule has 0 aliphatic rings. The number of aliphatic carboxylic acids is 1. The van der Waals surface area contributed by atoms with Crippen molar-refractivity contribution in [2.24, 2.45) is 0 Å². The van der Waals surface area contributed by atoms with E-state index in [1.165, 1.54) is 0 Å². The van der Waals surface area contributed by atoms with Crippen LogP contribution in [0.15, 0.2) is 41.4 Å². The molecule has 17 heavy (non-hydrogen) atoms. The summed E-state index contributed by atoms with van der Waals surface area (Å²) in [6, 6.07) is 7.26. The molecule has 1 N–H and O–H groups in total. The fourth-order valence-corrected chi connectivity index (χ4v) is 1.85. The maximum absolute atomic E-state index is 11.4. The van der Waals surface area contributed by atoms with Gasteiger partial charge < -0.3 is 9.84 Å². The normalized spacial score (nSPS) is 14.0. The van der Waals surface area contributed by atoms with Crippen LogP contribution in [-0.4, -0.2) is 24.3 Å². The summed E-state index contributed by atoms with van der Waals surface area (Å²) < 4.78 is 6.14. The summed E-state index contributed by atoms with van der Waals surface area (Å²) in [6.45, 7) is 5.65. The number of carbonyl (C=O) groups is 1. The first-order valence-electron chi connectivity index (χ1n) is 5.19. The predicted molar refractivity (Wildman–Crippen MR) is 70.1 cm³/mol. The van der Waals surface area contributed by atoms with E-state index in [0.717, 1.165) is 4.47 Å². The average molecular weight is 299 g/mol. The average Bonchev–Trinajstić information content (AvgIpc) is 2.29. The molecule has 1 rings (SSSR count). The minimum Gasteiger partial charge on any atom is -0.481 e. The Morgan fingerprint density at radius 3 is 2.88 bits per heavy atom. The Bertz CT molecular complexity index is 417. The first-order valence-corrected chi connectivity index (χ1v) is 5.98. The van der Waals surface area contributed by atoms with Gasteiger partial charge in [-0.1, -0.05) is 34.1 Å². The van der Waals surface area contributed by atoms with Crippen molar-refractivity contribution in [2.45, 2.75) is 12.3 Å². The lowest BCUT2D eigenvalue weighted by atomic mass is 9.83. The Kier molecular flexibility index (Phi) is 4.90. The quantitative estimate of drug-likeness (QED) is 0.649. The van der Waals surface area contributed by atoms with Crippen molar-refractivity contribution in [1.29, 1.82) is 0 Å². The Labute approximate surface area is 109 Å². The predicted octanol–water partition coefficient (Wildman–Crippen LogP) is 2.99. The molecular formula is C13H15BrO3. The fraction of sp³-hybridized carbons (Fsp3) is 0.308. The molecule has 0 bridgehead atoms. The second kappa shape index (κ2) is 5.98. The molecule has 0 aliphatic carbocycles. The zero-order valence-electron chi connectivity index (χ0n) is 9.65. The number of carboxylic acid groups (broad SMARTS) is 1. The van der Waals surface area contributed by atoms with Crippen molar-refractivity contribution in [3.8, 4) is 0 Å². The van der Waals surface area contributed by atoms with Gasteiger partial charge in [-0.3, -0.25) is 4.79 Å². The van der Waals surface area contributed by atoms with Crippen LogP contribution in [0.3, 0.4) is 0 Å². The molecule has 0 aromatic heterocycles. The molecule has 0 heterocycles. The number of hydrogen-bond donors (Lipinski definition) is 1. The topological polar surface area (TPSA) is 46.5 Å². The molecule has 0 aliphatic heterocycles. The van der Waals surface area contributed by atoms with E-state index < -0.39 is 11.4 Å². The van der Waals surface area contributed by atoms with Gasteiger partial charge in [0.05, 0.1) is 13.2 Å². The molecule has 0 saturated carbocycles. The van der Waals surface area contributed by atoms with E-state index in [1.54, 1.807) is 25.1 Å². The summed E-state index contributed by atoms with van der Waals surface area (Å²) in [6.07, 6.45) is 1.60. The molecule has 92 valence electrons. The van der Waals surface area contributed by atoms with Crippen LogP contribution in [0.5, 0.6) is 0 Å². The summed E-state index contributed by atoms with van der Waals surface area (Å²) >= 11 is 3.34. The van der Waals surface area contributed by atoms with Gasteiger partial charge in [0.15, 0.2) is 0 Å². The van der Waals surface area contributed by atoms with Crippen LogP contribution in [0.4, 0.5) is 0 Å². The molecule has 4 heteroatoms. The van der Waals surface area contributed by atoms with Gasteiger partial charge in [-0.05, 0) is 24.6 Å². The van der Waals surface area contributed by atoms with E-state index in [-0.39, 0.29) is 6.61 Å². The number of ether oxygens (including phenoxy) is 1. The summed E-state index contributed by atoms with van der Waals surface area (Å²) in [7, 11) is 0. The number of hydrogen-bond acceptors (Lipinski definition) is 2. The molecule has 1 aromatic carbocycles. The second-order valence-electron chi connectivity index (χ2n) is 3.95. The standard InChI is InChI=1S/C13H15BrO3/c1-3-7-17-9-13(2,12(15)16)10-5-4-6-11(14)8-10/h3-6,8H,1,7,9H2,2H3,(H,15,16). The van der Waals surface area contributed by atoms with Gasteiger partial charge in [-0.15, -0.1) is 6.58 Å². The third kappa shape index (κ3) is 3.41. The summed E-state index contributed by atoms with van der Waals surface area (Å²) in [4.78, 5) is 11.4. The van der Waals surface area contributed by atoms with E-state index in [4.69, 9.17) is 4.74 Å². The lowest BCUT2D eigenvalue weighted by Gasteiger charge is -2.25. The van der Waals surface area contributed by atoms with Crippen molar-refractivity contribution in [3.05, 3.63) is 47.0 Å². The minimum absolute atomic E-state index is 0.116. The third-order valence-electron chi connectivity index (χ3n) is 2.56. The summed E-state index contributed by atoms with van der Waals surface area (Å²) in [5.41, 5.74) is -0.337. The Balaban J connectivity index is 2.98. The largest absolute Gasteiger partial charge is 0.481 e. The van der Waals surface area contributed by atoms with Gasteiger partial charge in [-0.25, -0.2) is 0 Å². The molecule has 1 atom stereocenters. The molecule has 1 unspecified atom stereocenters. The highest BCUT2D eigenvalue weighted by atomic mass is 79.9. The van der Waals surface area contributed by atoms with Gasteiger partial charge in [0, 0.05) is 4.47 Å². The van der Waals surface area contributed by atoms with Crippen LogP contribution in [0.1, 0.15) is 12.5 Å². The molecule has 0 saturated heterocycles. The molecule has 0 spiro atoms. The molecule has 3 nitrogen and oxygen atoms in total. The maximum Gasteiger partial charge on any atom is 0.316 e. The van der Waals surface area contributed by atoms with Crippen molar-refractivity contribution in [3.63, 3.8) is 0 Å². The molecule has 0 fully saturated rings. The first kappa shape index (κ1) is 13.9. The van der Waals surface area contributed by atoms with Crippen LogP contribution in [0.25, 0.3) is 0 Å². The Morgan fingerprint density at radius 1 is 1.65 bits per heavy atom. The molecule has 1 aromatic rings. The monoisotopic (exact) mass is 298 g/mol. The van der Waals surface area contributed by atoms with E-state index in [1.807, 2.05) is 12.1 Å². The Morgan fingerprint density at radius 2 is 2.35 bits per heavy atom. The zero-order valence-corrected chi connectivity index (χ0v) is 11.2. The van der Waals surface area contributed by atoms with Crippen molar-refractivity contribution in [1.82, 2.24) is 0 Å². The number of halogens is 1. The van der Waals surface area contributed by atoms with Gasteiger partial charge in [-0.2, -0.15) is 0 Å². The smallest absolute Gasteiger partial charge is 0.316 e. The highest BCUT2D eigenvalue weighted by Crippen LogP contribution is 2.27. The summed E-state index contributed by atoms with van der Waals surface area (Å²) in [5, 5.41) is 9.36. The number of carboxylic acids is 1. The van der Waals surface area contributed by atoms with Gasteiger partial charge >= 0.3 is 5.97 Å². The van der Waals surface area contributed by atoms with E-state index in [2.05, 4.69) is 22.5 Å². The highest BCUT2D eigenvalue weighted by molar-refractivity contribution is 9.10. The van der Waals surface area contributed by atoms with Crippen molar-refractivity contribution >= 4 is 21.9 Å². The van der Waals surface area contributed by atoms with Crippen LogP contribution >= 0.6 is 15.9 Å². The maximum atomic E-state index is 11.4. The first-order chi connectivity index (χ1) is 8.00. The van der Waals surface area contributed by atoms with Crippen LogP contribution in [0.2, 0.25) is 0 Å². The van der Waals surface area contributed by atoms with Crippen LogP contribution in [0, 0.1) is 0 Å². The third-order valence-corrected chi connectivity index (χ3v) is 3.05. The highest BCUT2D eigenvalue weighted by Gasteiger charge is 2.35. The van der Waals surface area contributed by atoms with Crippen LogP contribution < -0.4 is 0 Å². The van der Waals surface area contributed by atoms with Gasteiger partial charge in [0.1, 0.15) is 5.41 Å². The second-order valence-corrected chi connectivity index (χ2v) is 4.87. The molecule has 0 radical (unpaired) electrons. The van der Waals surface area contributed by atoms with Crippen molar-refractivity contribution in [2.75, 3.05) is 13.2 Å². The lowest BCUT2D eigenvalue weighted by molar-refractivity contribution is -0.145. The van der Waals surface area contributed by atoms with E-state index in [9.17, 15) is 9.90 Å². The van der Waals surface area contributed by atoms with Crippen LogP contribution in [-0.2, 0) is 14.9 Å². The van der Waals surface area contributed by atoms with Crippen molar-refractivity contribution < 1.29 is 14.6 Å². The van der Waals surface area contributed by atoms with E-state index in [0.29, 0.717) is 12.2 Å². The van der Waals surface area contributed by atoms with Gasteiger partial charge in [0.2, 0.25) is 0 Å². The minimum atomic E-state index is -1.05.